The summed E-state index contributed by atoms with van der Waals surface area (Å²) >= 11 is 0. The van der Waals surface area contributed by atoms with Crippen LogP contribution < -0.4 is 10.6 Å². The van der Waals surface area contributed by atoms with E-state index in [2.05, 4.69) is 26.1 Å². The Hall–Kier alpha value is -1.56. The van der Waals surface area contributed by atoms with Gasteiger partial charge in [0.15, 0.2) is 0 Å². The number of anilines is 1. The summed E-state index contributed by atoms with van der Waals surface area (Å²) in [7, 11) is 0. The molecule has 0 unspecified atom stereocenters. The lowest BCUT2D eigenvalue weighted by Gasteiger charge is -2.23. The first-order chi connectivity index (χ1) is 9.64. The summed E-state index contributed by atoms with van der Waals surface area (Å²) in [6.07, 6.45) is -3.85. The fourth-order valence-electron chi connectivity index (χ4n) is 1.63. The summed E-state index contributed by atoms with van der Waals surface area (Å²) in [5.41, 5.74) is 1.13. The molecular weight excluding hydrogens is 281 g/mol. The van der Waals surface area contributed by atoms with Crippen LogP contribution in [0.5, 0.6) is 0 Å². The third-order valence-electron chi connectivity index (χ3n) is 3.33. The fraction of sp³-hybridized carbons (Fsp3) is 0.533. The van der Waals surface area contributed by atoms with Gasteiger partial charge in [0.2, 0.25) is 0 Å². The van der Waals surface area contributed by atoms with Crippen LogP contribution in [0.2, 0.25) is 0 Å². The van der Waals surface area contributed by atoms with E-state index in [0.29, 0.717) is 6.54 Å². The smallest absolute Gasteiger partial charge is 0.318 e. The van der Waals surface area contributed by atoms with Gasteiger partial charge in [-0.2, -0.15) is 13.2 Å². The number of carbonyl (C=O) groups excluding carboxylic acids is 1. The third kappa shape index (κ3) is 6.16. The van der Waals surface area contributed by atoms with Crippen LogP contribution in [0.4, 0.5) is 18.9 Å². The maximum absolute atomic E-state index is 12.2. The van der Waals surface area contributed by atoms with Gasteiger partial charge in [0.1, 0.15) is 0 Å². The van der Waals surface area contributed by atoms with E-state index in [1.54, 1.807) is 12.1 Å². The fourth-order valence-corrected chi connectivity index (χ4v) is 1.63. The first-order valence-electron chi connectivity index (χ1n) is 6.82. The normalized spacial score (nSPS) is 12.3. The number of benzene rings is 1. The van der Waals surface area contributed by atoms with Crippen molar-refractivity contribution < 1.29 is 18.0 Å². The van der Waals surface area contributed by atoms with Crippen molar-refractivity contribution in [1.82, 2.24) is 5.32 Å². The molecular formula is C15H21F3N2O. The summed E-state index contributed by atoms with van der Waals surface area (Å²) in [5.74, 6) is -1.96. The molecule has 0 atom stereocenters. The average Bonchev–Trinajstić information content (AvgIpc) is 2.38. The highest BCUT2D eigenvalue weighted by Gasteiger charge is 2.38. The van der Waals surface area contributed by atoms with Gasteiger partial charge in [0, 0.05) is 18.8 Å². The molecule has 0 heterocycles. The molecule has 0 saturated heterocycles. The Labute approximate surface area is 122 Å². The highest BCUT2D eigenvalue weighted by atomic mass is 19.4. The number of amides is 1. The molecule has 1 rings (SSSR count). The van der Waals surface area contributed by atoms with Crippen molar-refractivity contribution in [2.45, 2.75) is 39.9 Å². The average molecular weight is 302 g/mol. The van der Waals surface area contributed by atoms with Crippen LogP contribution in [-0.2, 0) is 11.3 Å². The molecule has 1 amide bonds. The standard InChI is InChI=1S/C15H21F3N2O/c1-4-14(2,3)10-19-9-11-6-5-7-12(8-11)20-13(21)15(16,17)18/h5-8,19H,4,9-10H2,1-3H3,(H,20,21). The van der Waals surface area contributed by atoms with Gasteiger partial charge >= 0.3 is 12.1 Å². The molecule has 0 aliphatic heterocycles. The zero-order valence-corrected chi connectivity index (χ0v) is 12.5. The zero-order valence-electron chi connectivity index (χ0n) is 12.5. The SMILES string of the molecule is CCC(C)(C)CNCc1cccc(NC(=O)C(F)(F)F)c1. The van der Waals surface area contributed by atoms with Crippen molar-refractivity contribution in [3.8, 4) is 0 Å². The topological polar surface area (TPSA) is 41.1 Å². The summed E-state index contributed by atoms with van der Waals surface area (Å²) in [4.78, 5) is 10.9. The van der Waals surface area contributed by atoms with Crippen molar-refractivity contribution in [2.24, 2.45) is 5.41 Å². The summed E-state index contributed by atoms with van der Waals surface area (Å²) in [5, 5.41) is 5.12. The number of hydrogen-bond acceptors (Lipinski definition) is 2. The van der Waals surface area contributed by atoms with Gasteiger partial charge in [-0.15, -0.1) is 0 Å². The van der Waals surface area contributed by atoms with Gasteiger partial charge in [-0.1, -0.05) is 32.9 Å². The predicted octanol–water partition coefficient (Wildman–Crippen LogP) is 3.71. The molecule has 1 aromatic carbocycles. The quantitative estimate of drug-likeness (QED) is 0.841. The number of alkyl halides is 3. The molecule has 0 aromatic heterocycles. The highest BCUT2D eigenvalue weighted by Crippen LogP contribution is 2.20. The van der Waals surface area contributed by atoms with E-state index in [-0.39, 0.29) is 11.1 Å². The molecule has 21 heavy (non-hydrogen) atoms. The second-order valence-corrected chi connectivity index (χ2v) is 5.77. The molecule has 0 radical (unpaired) electrons. The van der Waals surface area contributed by atoms with Gasteiger partial charge in [0.05, 0.1) is 0 Å². The lowest BCUT2D eigenvalue weighted by atomic mass is 9.90. The first-order valence-corrected chi connectivity index (χ1v) is 6.82. The van der Waals surface area contributed by atoms with Gasteiger partial charge in [-0.3, -0.25) is 4.79 Å². The molecule has 0 bridgehead atoms. The summed E-state index contributed by atoms with van der Waals surface area (Å²) in [6, 6.07) is 6.39. The minimum Gasteiger partial charge on any atom is -0.318 e. The predicted molar refractivity (Wildman–Crippen MR) is 76.9 cm³/mol. The van der Waals surface area contributed by atoms with E-state index >= 15 is 0 Å². The van der Waals surface area contributed by atoms with E-state index in [1.807, 2.05) is 5.32 Å². The number of nitrogens with one attached hydrogen (secondary N) is 2. The summed E-state index contributed by atoms with van der Waals surface area (Å²) in [6.45, 7) is 7.73. The number of halogens is 3. The molecule has 1 aromatic rings. The number of rotatable bonds is 6. The Morgan fingerprint density at radius 2 is 1.90 bits per heavy atom. The Balaban J connectivity index is 2.59. The van der Waals surface area contributed by atoms with E-state index in [4.69, 9.17) is 0 Å². The highest BCUT2D eigenvalue weighted by molar-refractivity contribution is 5.94. The second kappa shape index (κ2) is 6.93. The van der Waals surface area contributed by atoms with Crippen molar-refractivity contribution in [3.05, 3.63) is 29.8 Å². The van der Waals surface area contributed by atoms with Crippen LogP contribution in [0.25, 0.3) is 0 Å². The molecule has 0 spiro atoms. The lowest BCUT2D eigenvalue weighted by molar-refractivity contribution is -0.167. The van der Waals surface area contributed by atoms with Crippen molar-refractivity contribution in [1.29, 1.82) is 0 Å². The molecule has 118 valence electrons. The van der Waals surface area contributed by atoms with Crippen molar-refractivity contribution >= 4 is 11.6 Å². The van der Waals surface area contributed by atoms with Crippen LogP contribution in [0.3, 0.4) is 0 Å². The minimum absolute atomic E-state index is 0.145. The van der Waals surface area contributed by atoms with E-state index < -0.39 is 12.1 Å². The van der Waals surface area contributed by atoms with Crippen LogP contribution in [0.1, 0.15) is 32.8 Å². The third-order valence-corrected chi connectivity index (χ3v) is 3.33. The molecule has 6 heteroatoms. The molecule has 0 fully saturated rings. The van der Waals surface area contributed by atoms with Crippen LogP contribution in [0, 0.1) is 5.41 Å². The second-order valence-electron chi connectivity index (χ2n) is 5.77. The maximum Gasteiger partial charge on any atom is 0.471 e. The number of carbonyl (C=O) groups is 1. The Bertz CT molecular complexity index is 484. The Morgan fingerprint density at radius 3 is 2.48 bits per heavy atom. The lowest BCUT2D eigenvalue weighted by Crippen LogP contribution is -2.30. The minimum atomic E-state index is -4.88. The number of hydrogen-bond donors (Lipinski definition) is 2. The van der Waals surface area contributed by atoms with Crippen LogP contribution in [-0.4, -0.2) is 18.6 Å². The van der Waals surface area contributed by atoms with Gasteiger partial charge in [0.25, 0.3) is 0 Å². The largest absolute Gasteiger partial charge is 0.471 e. The first kappa shape index (κ1) is 17.5. The monoisotopic (exact) mass is 302 g/mol. The van der Waals surface area contributed by atoms with E-state index in [0.717, 1.165) is 18.5 Å². The molecule has 0 aliphatic rings. The maximum atomic E-state index is 12.2. The summed E-state index contributed by atoms with van der Waals surface area (Å²) < 4.78 is 36.6. The van der Waals surface area contributed by atoms with Crippen LogP contribution >= 0.6 is 0 Å². The van der Waals surface area contributed by atoms with Gasteiger partial charge in [-0.05, 0) is 29.5 Å². The van der Waals surface area contributed by atoms with Crippen LogP contribution in [0.15, 0.2) is 24.3 Å². The Kier molecular flexibility index (Phi) is 5.78. The molecule has 3 nitrogen and oxygen atoms in total. The molecule has 0 aliphatic carbocycles. The van der Waals surface area contributed by atoms with E-state index in [9.17, 15) is 18.0 Å². The Morgan fingerprint density at radius 1 is 1.24 bits per heavy atom. The van der Waals surface area contributed by atoms with Gasteiger partial charge < -0.3 is 10.6 Å². The van der Waals surface area contributed by atoms with Crippen molar-refractivity contribution in [3.63, 3.8) is 0 Å². The zero-order chi connectivity index (χ0) is 16.1. The molecule has 2 N–H and O–H groups in total. The van der Waals surface area contributed by atoms with Crippen molar-refractivity contribution in [2.75, 3.05) is 11.9 Å². The van der Waals surface area contributed by atoms with Gasteiger partial charge in [-0.25, -0.2) is 0 Å². The van der Waals surface area contributed by atoms with E-state index in [1.165, 1.54) is 12.1 Å². The molecule has 0 saturated carbocycles.